The summed E-state index contributed by atoms with van der Waals surface area (Å²) >= 11 is 1.63. The molecule has 1 aromatic heterocycles. The largest absolute Gasteiger partial charge is 0.384 e. The fourth-order valence-electron chi connectivity index (χ4n) is 1.69. The van der Waals surface area contributed by atoms with Gasteiger partial charge in [0.05, 0.1) is 12.7 Å². The van der Waals surface area contributed by atoms with E-state index in [1.807, 2.05) is 29.6 Å². The van der Waals surface area contributed by atoms with Gasteiger partial charge in [0.1, 0.15) is 6.61 Å². The first-order valence-electron chi connectivity index (χ1n) is 6.13. The van der Waals surface area contributed by atoms with Crippen LogP contribution in [-0.2, 0) is 11.3 Å². The predicted octanol–water partition coefficient (Wildman–Crippen LogP) is 3.37. The Morgan fingerprint density at radius 2 is 2.11 bits per heavy atom. The van der Waals surface area contributed by atoms with Crippen LogP contribution in [0.2, 0.25) is 0 Å². The summed E-state index contributed by atoms with van der Waals surface area (Å²) in [6.45, 7) is 2.53. The van der Waals surface area contributed by atoms with Gasteiger partial charge in [-0.1, -0.05) is 42.2 Å². The van der Waals surface area contributed by atoms with Gasteiger partial charge in [-0.05, 0) is 18.6 Å². The summed E-state index contributed by atoms with van der Waals surface area (Å²) in [5.74, 6) is 5.53. The van der Waals surface area contributed by atoms with Crippen molar-refractivity contribution in [3.05, 3.63) is 57.8 Å². The van der Waals surface area contributed by atoms with E-state index in [-0.39, 0.29) is 12.7 Å². The average Bonchev–Trinajstić information content (AvgIpc) is 2.91. The van der Waals surface area contributed by atoms with Crippen molar-refractivity contribution in [2.24, 2.45) is 0 Å². The molecule has 0 radical (unpaired) electrons. The standard InChI is InChI=1S/C16H16O2S/c1-13(15-7-3-2-4-8-15)18-11-16-10-14(12-19-16)6-5-9-17/h2-4,7-8,10,12-13,17H,9,11H2,1H3. The van der Waals surface area contributed by atoms with E-state index in [4.69, 9.17) is 9.84 Å². The van der Waals surface area contributed by atoms with E-state index in [1.165, 1.54) is 5.56 Å². The number of aliphatic hydroxyl groups excluding tert-OH is 1. The van der Waals surface area contributed by atoms with Crippen LogP contribution in [-0.4, -0.2) is 11.7 Å². The van der Waals surface area contributed by atoms with Crippen molar-refractivity contribution in [1.29, 1.82) is 0 Å². The minimum atomic E-state index is -0.104. The Balaban J connectivity index is 1.90. The van der Waals surface area contributed by atoms with Crippen molar-refractivity contribution in [2.75, 3.05) is 6.61 Å². The van der Waals surface area contributed by atoms with Gasteiger partial charge in [-0.3, -0.25) is 0 Å². The fraction of sp³-hybridized carbons (Fsp3) is 0.250. The number of hydrogen-bond acceptors (Lipinski definition) is 3. The molecule has 0 aliphatic heterocycles. The van der Waals surface area contributed by atoms with E-state index in [0.717, 1.165) is 10.4 Å². The van der Waals surface area contributed by atoms with Crippen molar-refractivity contribution < 1.29 is 9.84 Å². The van der Waals surface area contributed by atoms with Crippen LogP contribution >= 0.6 is 11.3 Å². The molecule has 0 amide bonds. The van der Waals surface area contributed by atoms with Crippen LogP contribution in [0.3, 0.4) is 0 Å². The van der Waals surface area contributed by atoms with Gasteiger partial charge in [-0.25, -0.2) is 0 Å². The molecule has 1 aromatic carbocycles. The Hall–Kier alpha value is -1.60. The number of thiophene rings is 1. The van der Waals surface area contributed by atoms with Crippen molar-refractivity contribution >= 4 is 11.3 Å². The molecule has 0 fully saturated rings. The van der Waals surface area contributed by atoms with Crippen LogP contribution in [0.25, 0.3) is 0 Å². The van der Waals surface area contributed by atoms with E-state index in [2.05, 4.69) is 30.9 Å². The van der Waals surface area contributed by atoms with Crippen molar-refractivity contribution in [3.63, 3.8) is 0 Å². The Morgan fingerprint density at radius 1 is 1.32 bits per heavy atom. The minimum Gasteiger partial charge on any atom is -0.384 e. The summed E-state index contributed by atoms with van der Waals surface area (Å²) < 4.78 is 5.84. The minimum absolute atomic E-state index is 0.0790. The number of rotatable bonds is 4. The third-order valence-corrected chi connectivity index (χ3v) is 3.62. The normalized spacial score (nSPS) is 11.7. The van der Waals surface area contributed by atoms with Gasteiger partial charge < -0.3 is 9.84 Å². The van der Waals surface area contributed by atoms with Gasteiger partial charge >= 0.3 is 0 Å². The maximum absolute atomic E-state index is 8.64. The molecule has 0 saturated heterocycles. The summed E-state index contributed by atoms with van der Waals surface area (Å²) in [4.78, 5) is 1.14. The maximum Gasteiger partial charge on any atom is 0.104 e. The molecular weight excluding hydrogens is 256 g/mol. The Kier molecular flexibility index (Phi) is 5.17. The molecule has 1 atom stereocenters. The number of hydrogen-bond donors (Lipinski definition) is 1. The highest BCUT2D eigenvalue weighted by molar-refractivity contribution is 7.10. The summed E-state index contributed by atoms with van der Waals surface area (Å²) in [5, 5.41) is 10.6. The van der Waals surface area contributed by atoms with Gasteiger partial charge in [0.15, 0.2) is 0 Å². The zero-order chi connectivity index (χ0) is 13.5. The second-order valence-corrected chi connectivity index (χ2v) is 5.12. The van der Waals surface area contributed by atoms with Gasteiger partial charge in [0.25, 0.3) is 0 Å². The van der Waals surface area contributed by atoms with Crippen LogP contribution in [0.5, 0.6) is 0 Å². The Morgan fingerprint density at radius 3 is 2.84 bits per heavy atom. The Bertz CT molecular complexity index is 563. The molecule has 1 N–H and O–H groups in total. The van der Waals surface area contributed by atoms with Crippen molar-refractivity contribution in [1.82, 2.24) is 0 Å². The van der Waals surface area contributed by atoms with Crippen LogP contribution in [0, 0.1) is 11.8 Å². The van der Waals surface area contributed by atoms with Gasteiger partial charge in [0, 0.05) is 15.8 Å². The third-order valence-electron chi connectivity index (χ3n) is 2.71. The summed E-state index contributed by atoms with van der Waals surface area (Å²) in [6.07, 6.45) is 0.0790. The lowest BCUT2D eigenvalue weighted by molar-refractivity contribution is 0.0542. The van der Waals surface area contributed by atoms with Gasteiger partial charge in [-0.2, -0.15) is 0 Å². The highest BCUT2D eigenvalue weighted by Crippen LogP contribution is 2.21. The molecule has 2 aromatic rings. The van der Waals surface area contributed by atoms with Crippen LogP contribution in [0.4, 0.5) is 0 Å². The van der Waals surface area contributed by atoms with Crippen LogP contribution in [0.15, 0.2) is 41.8 Å². The van der Waals surface area contributed by atoms with E-state index < -0.39 is 0 Å². The molecule has 0 spiro atoms. The van der Waals surface area contributed by atoms with Gasteiger partial charge in [0.2, 0.25) is 0 Å². The third kappa shape index (κ3) is 4.22. The van der Waals surface area contributed by atoms with E-state index in [0.29, 0.717) is 6.61 Å². The highest BCUT2D eigenvalue weighted by atomic mass is 32.1. The molecule has 19 heavy (non-hydrogen) atoms. The molecule has 0 saturated carbocycles. The molecule has 0 aliphatic rings. The SMILES string of the molecule is CC(OCc1cc(C#CCO)cs1)c1ccccc1. The molecule has 2 nitrogen and oxygen atoms in total. The molecule has 3 heteroatoms. The summed E-state index contributed by atoms with van der Waals surface area (Å²) in [7, 11) is 0. The first-order valence-corrected chi connectivity index (χ1v) is 7.01. The molecule has 1 heterocycles. The zero-order valence-electron chi connectivity index (χ0n) is 10.8. The lowest BCUT2D eigenvalue weighted by atomic mass is 10.1. The monoisotopic (exact) mass is 272 g/mol. The second kappa shape index (κ2) is 7.10. The molecule has 2 rings (SSSR count). The number of ether oxygens (including phenoxy) is 1. The van der Waals surface area contributed by atoms with E-state index in [9.17, 15) is 0 Å². The van der Waals surface area contributed by atoms with Crippen molar-refractivity contribution in [2.45, 2.75) is 19.6 Å². The predicted molar refractivity (Wildman–Crippen MR) is 77.9 cm³/mol. The zero-order valence-corrected chi connectivity index (χ0v) is 11.6. The lowest BCUT2D eigenvalue weighted by Gasteiger charge is -2.12. The van der Waals surface area contributed by atoms with Crippen molar-refractivity contribution in [3.8, 4) is 11.8 Å². The summed E-state index contributed by atoms with van der Waals surface area (Å²) in [6, 6.07) is 12.2. The summed E-state index contributed by atoms with van der Waals surface area (Å²) in [5.41, 5.74) is 2.12. The first-order chi connectivity index (χ1) is 9.29. The van der Waals surface area contributed by atoms with Gasteiger partial charge in [-0.15, -0.1) is 11.3 Å². The molecule has 1 unspecified atom stereocenters. The lowest BCUT2D eigenvalue weighted by Crippen LogP contribution is -1.99. The average molecular weight is 272 g/mol. The van der Waals surface area contributed by atoms with Crippen LogP contribution in [0.1, 0.15) is 29.0 Å². The highest BCUT2D eigenvalue weighted by Gasteiger charge is 2.06. The fourth-order valence-corrected chi connectivity index (χ4v) is 2.43. The molecule has 0 aliphatic carbocycles. The number of aliphatic hydroxyl groups is 1. The molecule has 0 bridgehead atoms. The maximum atomic E-state index is 8.64. The van der Waals surface area contributed by atoms with Crippen LogP contribution < -0.4 is 0 Å². The molecular formula is C16H16O2S. The second-order valence-electron chi connectivity index (χ2n) is 4.13. The Labute approximate surface area is 117 Å². The number of benzene rings is 1. The smallest absolute Gasteiger partial charge is 0.104 e. The molecule has 98 valence electrons. The quantitative estimate of drug-likeness (QED) is 0.865. The first kappa shape index (κ1) is 13.8. The van der Waals surface area contributed by atoms with E-state index in [1.54, 1.807) is 11.3 Å². The topological polar surface area (TPSA) is 29.5 Å². The van der Waals surface area contributed by atoms with E-state index >= 15 is 0 Å².